The standard InChI is InChI=1S/C35H36F2N6O8S/c1-20(2)51-34(47)29(16-21-8-13-30(38-19-21)43-31(44)14-15-42(3)35(43)48)40-33(46)25-17-27(37)28(18-26(25)36)41-52(49,50)24-11-9-23(10-12-24)39-32(45)22-6-4-5-7-22/h8-15,17-20,22,29,41H,4-7,16H2,1-3H3,(H,39,45)(H,40,46)/t29-/m0/s1. The molecular formula is C35H36F2N6O8S. The Kier molecular flexibility index (Phi) is 11.3. The van der Waals surface area contributed by atoms with Gasteiger partial charge >= 0.3 is 11.7 Å². The molecule has 0 spiro atoms. The van der Waals surface area contributed by atoms with E-state index in [0.29, 0.717) is 23.4 Å². The van der Waals surface area contributed by atoms with Crippen LogP contribution in [0.1, 0.15) is 55.5 Å². The van der Waals surface area contributed by atoms with E-state index in [1.165, 1.54) is 66.5 Å². The molecule has 274 valence electrons. The summed E-state index contributed by atoms with van der Waals surface area (Å²) in [6.07, 6.45) is 5.28. The number of esters is 1. The summed E-state index contributed by atoms with van der Waals surface area (Å²) < 4.78 is 65.7. The van der Waals surface area contributed by atoms with Crippen molar-refractivity contribution in [3.8, 4) is 5.82 Å². The van der Waals surface area contributed by atoms with Gasteiger partial charge in [-0.25, -0.2) is 36.3 Å². The number of aromatic nitrogens is 3. The molecule has 2 heterocycles. The van der Waals surface area contributed by atoms with Crippen LogP contribution >= 0.6 is 0 Å². The van der Waals surface area contributed by atoms with Gasteiger partial charge in [0.1, 0.15) is 23.5 Å². The highest BCUT2D eigenvalue weighted by molar-refractivity contribution is 7.92. The van der Waals surface area contributed by atoms with Crippen LogP contribution in [0.3, 0.4) is 0 Å². The predicted octanol–water partition coefficient (Wildman–Crippen LogP) is 3.43. The zero-order valence-electron chi connectivity index (χ0n) is 28.4. The minimum absolute atomic E-state index is 0.00798. The largest absolute Gasteiger partial charge is 0.461 e. The first-order valence-corrected chi connectivity index (χ1v) is 17.8. The Morgan fingerprint density at radius 3 is 2.31 bits per heavy atom. The van der Waals surface area contributed by atoms with Gasteiger partial charge in [-0.15, -0.1) is 0 Å². The zero-order chi connectivity index (χ0) is 37.7. The third-order valence-corrected chi connectivity index (χ3v) is 9.66. The average molecular weight is 739 g/mol. The lowest BCUT2D eigenvalue weighted by molar-refractivity contribution is -0.149. The number of pyridine rings is 1. The smallest absolute Gasteiger partial charge is 0.336 e. The van der Waals surface area contributed by atoms with Crippen molar-refractivity contribution in [3.05, 3.63) is 111 Å². The third kappa shape index (κ3) is 8.77. The number of anilines is 2. The molecule has 1 aliphatic carbocycles. The van der Waals surface area contributed by atoms with Crippen molar-refractivity contribution in [1.29, 1.82) is 0 Å². The highest BCUT2D eigenvalue weighted by Gasteiger charge is 2.28. The average Bonchev–Trinajstić information content (AvgIpc) is 3.64. The summed E-state index contributed by atoms with van der Waals surface area (Å²) >= 11 is 0. The van der Waals surface area contributed by atoms with Crippen LogP contribution in [-0.4, -0.2) is 52.5 Å². The Morgan fingerprint density at radius 1 is 0.981 bits per heavy atom. The van der Waals surface area contributed by atoms with Crippen molar-refractivity contribution in [2.45, 2.75) is 63.0 Å². The fraction of sp³-hybridized carbons (Fsp3) is 0.314. The highest BCUT2D eigenvalue weighted by Crippen LogP contribution is 2.27. The molecule has 1 aliphatic rings. The molecule has 14 nitrogen and oxygen atoms in total. The molecule has 3 N–H and O–H groups in total. The van der Waals surface area contributed by atoms with Gasteiger partial charge in [-0.3, -0.25) is 19.1 Å². The van der Waals surface area contributed by atoms with Gasteiger partial charge in [0.2, 0.25) is 5.91 Å². The number of ether oxygens (including phenoxy) is 1. The quantitative estimate of drug-likeness (QED) is 0.183. The monoisotopic (exact) mass is 738 g/mol. The number of sulfonamides is 1. The topological polar surface area (TPSA) is 188 Å². The molecule has 0 aliphatic heterocycles. The van der Waals surface area contributed by atoms with Gasteiger partial charge in [-0.2, -0.15) is 0 Å². The lowest BCUT2D eigenvalue weighted by atomic mass is 10.1. The van der Waals surface area contributed by atoms with Crippen molar-refractivity contribution in [2.24, 2.45) is 13.0 Å². The van der Waals surface area contributed by atoms with Gasteiger partial charge in [-0.05, 0) is 68.7 Å². The fourth-order valence-corrected chi connectivity index (χ4v) is 6.64. The van der Waals surface area contributed by atoms with Crippen LogP contribution in [0.2, 0.25) is 0 Å². The SMILES string of the molecule is CC(C)OC(=O)[C@H](Cc1ccc(-n2c(=O)ccn(C)c2=O)nc1)NC(=O)c1cc(F)c(NS(=O)(=O)c2ccc(NC(=O)C3CCCC3)cc2)cc1F. The molecule has 0 unspecified atom stereocenters. The van der Waals surface area contributed by atoms with Gasteiger partial charge in [0, 0.05) is 49.6 Å². The number of nitrogens with zero attached hydrogens (tertiary/aromatic N) is 3. The number of hydrogen-bond donors (Lipinski definition) is 3. The minimum atomic E-state index is -4.43. The third-order valence-electron chi connectivity index (χ3n) is 8.28. The molecule has 0 radical (unpaired) electrons. The Balaban J connectivity index is 1.30. The second-order valence-corrected chi connectivity index (χ2v) is 14.2. The van der Waals surface area contributed by atoms with E-state index in [1.807, 2.05) is 4.72 Å². The maximum Gasteiger partial charge on any atom is 0.336 e. The second-order valence-electron chi connectivity index (χ2n) is 12.5. The van der Waals surface area contributed by atoms with Gasteiger partial charge in [0.25, 0.3) is 21.5 Å². The predicted molar refractivity (Wildman–Crippen MR) is 185 cm³/mol. The number of amides is 2. The summed E-state index contributed by atoms with van der Waals surface area (Å²) in [6.45, 7) is 3.15. The van der Waals surface area contributed by atoms with E-state index < -0.39 is 68.2 Å². The molecule has 1 atom stereocenters. The van der Waals surface area contributed by atoms with Crippen molar-refractivity contribution in [2.75, 3.05) is 10.0 Å². The first-order chi connectivity index (χ1) is 24.6. The van der Waals surface area contributed by atoms with Crippen LogP contribution in [0.4, 0.5) is 20.2 Å². The number of carbonyl (C=O) groups excluding carboxylic acids is 3. The van der Waals surface area contributed by atoms with Gasteiger partial charge in [0.15, 0.2) is 0 Å². The van der Waals surface area contributed by atoms with Crippen molar-refractivity contribution < 1.29 is 36.3 Å². The molecule has 2 aromatic heterocycles. The number of hydrogen-bond acceptors (Lipinski definition) is 9. The van der Waals surface area contributed by atoms with Gasteiger partial charge in [-0.1, -0.05) is 18.9 Å². The molecule has 1 saturated carbocycles. The maximum atomic E-state index is 15.3. The van der Waals surface area contributed by atoms with E-state index in [1.54, 1.807) is 13.8 Å². The summed E-state index contributed by atoms with van der Waals surface area (Å²) in [5.41, 5.74) is -2.11. The molecule has 0 bridgehead atoms. The van der Waals surface area contributed by atoms with Crippen LogP contribution in [0.25, 0.3) is 5.82 Å². The van der Waals surface area contributed by atoms with E-state index in [-0.39, 0.29) is 29.0 Å². The first kappa shape index (κ1) is 37.5. The van der Waals surface area contributed by atoms with Crippen LogP contribution in [0.5, 0.6) is 0 Å². The number of nitrogens with one attached hydrogen (secondary N) is 3. The van der Waals surface area contributed by atoms with Gasteiger partial charge in [0.05, 0.1) is 22.3 Å². The molecule has 17 heteroatoms. The molecule has 1 fully saturated rings. The van der Waals surface area contributed by atoms with Crippen LogP contribution in [0.15, 0.2) is 81.5 Å². The molecule has 5 rings (SSSR count). The number of carbonyl (C=O) groups is 3. The molecule has 2 aromatic carbocycles. The highest BCUT2D eigenvalue weighted by atomic mass is 32.2. The maximum absolute atomic E-state index is 15.3. The molecular weight excluding hydrogens is 702 g/mol. The lowest BCUT2D eigenvalue weighted by Crippen LogP contribution is -2.44. The Labute approximate surface area is 296 Å². The summed E-state index contributed by atoms with van der Waals surface area (Å²) in [7, 11) is -2.97. The number of rotatable bonds is 12. The summed E-state index contributed by atoms with van der Waals surface area (Å²) in [5.74, 6) is -4.91. The summed E-state index contributed by atoms with van der Waals surface area (Å²) in [6, 6.07) is 8.74. The van der Waals surface area contributed by atoms with E-state index in [2.05, 4.69) is 15.6 Å². The summed E-state index contributed by atoms with van der Waals surface area (Å²) in [4.78, 5) is 67.1. The van der Waals surface area contributed by atoms with Crippen LogP contribution in [0, 0.1) is 17.6 Å². The Hall–Kier alpha value is -5.71. The number of aryl methyl sites for hydroxylation is 1. The Morgan fingerprint density at radius 2 is 1.67 bits per heavy atom. The lowest BCUT2D eigenvalue weighted by Gasteiger charge is -2.20. The minimum Gasteiger partial charge on any atom is -0.461 e. The fourth-order valence-electron chi connectivity index (χ4n) is 5.58. The molecule has 0 saturated heterocycles. The first-order valence-electron chi connectivity index (χ1n) is 16.3. The molecule has 52 heavy (non-hydrogen) atoms. The van der Waals surface area contributed by atoms with Gasteiger partial charge < -0.3 is 19.9 Å². The number of benzene rings is 2. The normalized spacial score (nSPS) is 13.8. The Bertz CT molecular complexity index is 2220. The van der Waals surface area contributed by atoms with Crippen molar-refractivity contribution >= 4 is 39.2 Å². The van der Waals surface area contributed by atoms with Crippen molar-refractivity contribution in [3.63, 3.8) is 0 Å². The van der Waals surface area contributed by atoms with E-state index in [0.717, 1.165) is 30.3 Å². The van der Waals surface area contributed by atoms with E-state index in [9.17, 15) is 32.4 Å². The van der Waals surface area contributed by atoms with E-state index in [4.69, 9.17) is 4.74 Å². The van der Waals surface area contributed by atoms with Crippen molar-refractivity contribution in [1.82, 2.24) is 19.4 Å². The summed E-state index contributed by atoms with van der Waals surface area (Å²) in [5, 5.41) is 5.08. The zero-order valence-corrected chi connectivity index (χ0v) is 29.2. The second kappa shape index (κ2) is 15.7. The van der Waals surface area contributed by atoms with Crippen LogP contribution in [-0.2, 0) is 37.8 Å². The molecule has 4 aromatic rings. The van der Waals surface area contributed by atoms with E-state index >= 15 is 8.78 Å². The number of halogens is 2. The van der Waals surface area contributed by atoms with Crippen LogP contribution < -0.4 is 26.6 Å². The molecule has 2 amide bonds.